The van der Waals surface area contributed by atoms with Crippen LogP contribution in [0.2, 0.25) is 0 Å². The monoisotopic (exact) mass is 144 g/mol. The summed E-state index contributed by atoms with van der Waals surface area (Å²) in [5.74, 6) is 0.838. The maximum absolute atomic E-state index is 5.75. The van der Waals surface area contributed by atoms with Gasteiger partial charge in [0.15, 0.2) is 0 Å². The molecule has 0 spiro atoms. The van der Waals surface area contributed by atoms with Crippen molar-refractivity contribution in [2.24, 2.45) is 5.73 Å². The second kappa shape index (κ2) is 4.14. The summed E-state index contributed by atoms with van der Waals surface area (Å²) in [6.45, 7) is 6.07. The quantitative estimate of drug-likeness (QED) is 0.334. The van der Waals surface area contributed by atoms with Crippen LogP contribution in [0.25, 0.3) is 0 Å². The van der Waals surface area contributed by atoms with Crippen molar-refractivity contribution in [1.29, 1.82) is 0 Å². The van der Waals surface area contributed by atoms with Gasteiger partial charge in [0, 0.05) is 0 Å². The molecule has 0 bridgehead atoms. The third kappa shape index (κ3) is 2.25. The lowest BCUT2D eigenvalue weighted by Gasteiger charge is -2.11. The molecule has 10 heavy (non-hydrogen) atoms. The van der Waals surface area contributed by atoms with Crippen molar-refractivity contribution in [2.45, 2.75) is 13.8 Å². The van der Waals surface area contributed by atoms with Crippen LogP contribution in [0.5, 0.6) is 0 Å². The van der Waals surface area contributed by atoms with E-state index in [2.05, 4.69) is 13.8 Å². The Balaban J connectivity index is 4.15. The van der Waals surface area contributed by atoms with E-state index in [-0.39, 0.29) is 0 Å². The molecular weight excluding hydrogens is 126 g/mol. The van der Waals surface area contributed by atoms with Gasteiger partial charge in [-0.05, 0) is 13.8 Å². The zero-order chi connectivity index (χ0) is 8.15. The first-order valence-corrected chi connectivity index (χ1v) is 3.68. The summed E-state index contributed by atoms with van der Waals surface area (Å²) in [4.78, 5) is 2.02. The number of hydrogen-bond donors (Lipinski definition) is 1. The SMILES string of the molecule is CCN(C)C(N)=[N+](C)CC. The topological polar surface area (TPSA) is 32.3 Å². The van der Waals surface area contributed by atoms with E-state index in [1.54, 1.807) is 0 Å². The first-order chi connectivity index (χ1) is 4.63. The van der Waals surface area contributed by atoms with Gasteiger partial charge in [-0.15, -0.1) is 0 Å². The van der Waals surface area contributed by atoms with Crippen LogP contribution < -0.4 is 5.73 Å². The number of guanidine groups is 1. The third-order valence-corrected chi connectivity index (χ3v) is 1.73. The highest BCUT2D eigenvalue weighted by Gasteiger charge is 2.06. The summed E-state index contributed by atoms with van der Waals surface area (Å²) in [5.41, 5.74) is 5.75. The highest BCUT2D eigenvalue weighted by Crippen LogP contribution is 1.79. The lowest BCUT2D eigenvalue weighted by molar-refractivity contribution is -0.499. The van der Waals surface area contributed by atoms with Gasteiger partial charge in [-0.1, -0.05) is 0 Å². The van der Waals surface area contributed by atoms with E-state index in [1.807, 2.05) is 23.6 Å². The first-order valence-electron chi connectivity index (χ1n) is 3.68. The lowest BCUT2D eigenvalue weighted by atomic mass is 10.6. The maximum Gasteiger partial charge on any atom is 0.345 e. The largest absolute Gasteiger partial charge is 0.345 e. The van der Waals surface area contributed by atoms with Crippen LogP contribution in [0.1, 0.15) is 13.8 Å². The molecule has 0 saturated carbocycles. The lowest BCUT2D eigenvalue weighted by Crippen LogP contribution is -2.40. The summed E-state index contributed by atoms with van der Waals surface area (Å²) in [6, 6.07) is 0. The molecule has 3 nitrogen and oxygen atoms in total. The van der Waals surface area contributed by atoms with Crippen LogP contribution in [-0.4, -0.2) is 42.6 Å². The molecule has 3 heteroatoms. The fourth-order valence-corrected chi connectivity index (χ4v) is 0.615. The third-order valence-electron chi connectivity index (χ3n) is 1.73. The van der Waals surface area contributed by atoms with Crippen LogP contribution in [0, 0.1) is 0 Å². The molecule has 0 aliphatic carbocycles. The zero-order valence-corrected chi connectivity index (χ0v) is 7.39. The summed E-state index contributed by atoms with van der Waals surface area (Å²) in [5, 5.41) is 0. The Morgan fingerprint density at radius 2 is 2.00 bits per heavy atom. The van der Waals surface area contributed by atoms with Gasteiger partial charge in [0.2, 0.25) is 0 Å². The summed E-state index contributed by atoms with van der Waals surface area (Å²) < 4.78 is 2.02. The number of nitrogens with zero attached hydrogens (tertiary/aromatic N) is 2. The van der Waals surface area contributed by atoms with Crippen LogP contribution in [0.15, 0.2) is 0 Å². The molecule has 0 aliphatic rings. The van der Waals surface area contributed by atoms with Gasteiger partial charge in [-0.2, -0.15) is 0 Å². The summed E-state index contributed by atoms with van der Waals surface area (Å²) in [7, 11) is 3.98. The van der Waals surface area contributed by atoms with Crippen molar-refractivity contribution in [3.63, 3.8) is 0 Å². The Morgan fingerprint density at radius 1 is 1.50 bits per heavy atom. The van der Waals surface area contributed by atoms with Crippen molar-refractivity contribution in [3.8, 4) is 0 Å². The fraction of sp³-hybridized carbons (Fsp3) is 0.857. The van der Waals surface area contributed by atoms with E-state index in [9.17, 15) is 0 Å². The minimum absolute atomic E-state index is 0.838. The summed E-state index contributed by atoms with van der Waals surface area (Å²) >= 11 is 0. The van der Waals surface area contributed by atoms with Gasteiger partial charge in [0.05, 0.1) is 27.2 Å². The zero-order valence-electron chi connectivity index (χ0n) is 7.39. The number of hydrogen-bond acceptors (Lipinski definition) is 0. The van der Waals surface area contributed by atoms with Gasteiger partial charge in [0.1, 0.15) is 0 Å². The number of rotatable bonds is 2. The van der Waals surface area contributed by atoms with Gasteiger partial charge in [-0.3, -0.25) is 15.2 Å². The predicted molar refractivity (Wildman–Crippen MR) is 44.2 cm³/mol. The van der Waals surface area contributed by atoms with Crippen molar-refractivity contribution >= 4 is 5.96 Å². The average Bonchev–Trinajstić information content (AvgIpc) is 2.00. The molecule has 60 valence electrons. The van der Waals surface area contributed by atoms with Gasteiger partial charge in [-0.25, -0.2) is 0 Å². The molecule has 0 fully saturated rings. The fourth-order valence-electron chi connectivity index (χ4n) is 0.615. The molecule has 0 radical (unpaired) electrons. The molecule has 0 rings (SSSR count). The van der Waals surface area contributed by atoms with E-state index >= 15 is 0 Å². The van der Waals surface area contributed by atoms with E-state index in [0.29, 0.717) is 0 Å². The Labute approximate surface area is 63.1 Å². The van der Waals surface area contributed by atoms with E-state index in [4.69, 9.17) is 5.73 Å². The van der Waals surface area contributed by atoms with E-state index in [0.717, 1.165) is 19.0 Å². The summed E-state index contributed by atoms with van der Waals surface area (Å²) in [6.07, 6.45) is 0. The Bertz CT molecular complexity index is 129. The van der Waals surface area contributed by atoms with Crippen molar-refractivity contribution in [3.05, 3.63) is 0 Å². The highest BCUT2D eigenvalue weighted by atomic mass is 15.3. The molecule has 0 aliphatic heterocycles. The average molecular weight is 144 g/mol. The first kappa shape index (κ1) is 9.27. The molecular formula is C7H18N3+. The normalized spacial score (nSPS) is 12.8. The molecule has 0 amide bonds. The van der Waals surface area contributed by atoms with Crippen molar-refractivity contribution in [1.82, 2.24) is 4.90 Å². The van der Waals surface area contributed by atoms with E-state index < -0.39 is 0 Å². The predicted octanol–water partition coefficient (Wildman–Crippen LogP) is -0.0850. The van der Waals surface area contributed by atoms with Gasteiger partial charge < -0.3 is 0 Å². The molecule has 2 N–H and O–H groups in total. The molecule has 0 saturated heterocycles. The molecule has 0 aromatic carbocycles. The standard InChI is InChI=1S/C7H17N3/c1-5-9(3)7(8)10(4)6-2/h8H,5-6H2,1-4H3/p+1. The van der Waals surface area contributed by atoms with Crippen LogP contribution in [0.3, 0.4) is 0 Å². The van der Waals surface area contributed by atoms with Crippen molar-refractivity contribution in [2.75, 3.05) is 27.2 Å². The smallest absolute Gasteiger partial charge is 0.291 e. The van der Waals surface area contributed by atoms with Crippen LogP contribution in [0.4, 0.5) is 0 Å². The van der Waals surface area contributed by atoms with Gasteiger partial charge >= 0.3 is 5.96 Å². The van der Waals surface area contributed by atoms with Gasteiger partial charge in [0.25, 0.3) is 0 Å². The number of nitrogens with two attached hydrogens (primary N) is 1. The highest BCUT2D eigenvalue weighted by molar-refractivity contribution is 5.72. The minimum Gasteiger partial charge on any atom is -0.291 e. The Morgan fingerprint density at radius 3 is 2.30 bits per heavy atom. The molecule has 0 atom stereocenters. The Hall–Kier alpha value is -0.730. The molecule has 0 unspecified atom stereocenters. The van der Waals surface area contributed by atoms with E-state index in [1.165, 1.54) is 0 Å². The molecule has 0 heterocycles. The molecule has 0 aromatic rings. The maximum atomic E-state index is 5.75. The van der Waals surface area contributed by atoms with Crippen LogP contribution >= 0.6 is 0 Å². The minimum atomic E-state index is 0.838. The second-order valence-corrected chi connectivity index (χ2v) is 2.39. The van der Waals surface area contributed by atoms with Crippen LogP contribution in [-0.2, 0) is 0 Å². The Kier molecular flexibility index (Phi) is 3.84. The second-order valence-electron chi connectivity index (χ2n) is 2.39. The molecule has 0 aromatic heterocycles. The van der Waals surface area contributed by atoms with Crippen molar-refractivity contribution < 1.29 is 4.58 Å².